The van der Waals surface area contributed by atoms with Crippen molar-refractivity contribution in [3.8, 4) is 6.07 Å². The van der Waals surface area contributed by atoms with Crippen molar-refractivity contribution in [2.45, 2.75) is 0 Å². The lowest BCUT2D eigenvalue weighted by Crippen LogP contribution is -2.07. The summed E-state index contributed by atoms with van der Waals surface area (Å²) in [5, 5.41) is 8.26. The van der Waals surface area contributed by atoms with Crippen LogP contribution in [0.3, 0.4) is 0 Å². The molecule has 9 heavy (non-hydrogen) atoms. The molecule has 1 aromatic heterocycles. The molecule has 0 aliphatic carbocycles. The van der Waals surface area contributed by atoms with E-state index < -0.39 is 0 Å². The van der Waals surface area contributed by atoms with E-state index in [-0.39, 0.29) is 12.4 Å². The standard InChI is InChI=1S/C5H5N3.ClH/c6-4-5-2-1-3-8(5)7;/h1-3H,7H2;1H. The molecule has 1 rings (SSSR count). The van der Waals surface area contributed by atoms with E-state index in [2.05, 4.69) is 0 Å². The van der Waals surface area contributed by atoms with E-state index in [0.29, 0.717) is 5.69 Å². The van der Waals surface area contributed by atoms with Crippen molar-refractivity contribution in [3.63, 3.8) is 0 Å². The molecule has 0 unspecified atom stereocenters. The number of nitrogen functional groups attached to an aromatic ring is 1. The van der Waals surface area contributed by atoms with Gasteiger partial charge in [-0.1, -0.05) is 0 Å². The average Bonchev–Trinajstić information content (AvgIpc) is 2.14. The third kappa shape index (κ3) is 1.37. The molecule has 0 atom stereocenters. The minimum Gasteiger partial charge on any atom is -0.338 e. The smallest absolute Gasteiger partial charge is 0.139 e. The van der Waals surface area contributed by atoms with Crippen LogP contribution >= 0.6 is 12.4 Å². The Morgan fingerprint density at radius 1 is 1.67 bits per heavy atom. The van der Waals surface area contributed by atoms with Crippen LogP contribution in [0.15, 0.2) is 18.3 Å². The maximum absolute atomic E-state index is 8.26. The summed E-state index contributed by atoms with van der Waals surface area (Å²) in [5.74, 6) is 5.25. The highest BCUT2D eigenvalue weighted by Crippen LogP contribution is 1.92. The summed E-state index contributed by atoms with van der Waals surface area (Å²) in [6.45, 7) is 0. The molecule has 3 nitrogen and oxygen atoms in total. The van der Waals surface area contributed by atoms with E-state index in [1.165, 1.54) is 4.68 Å². The fraction of sp³-hybridized carbons (Fsp3) is 0. The molecule has 2 N–H and O–H groups in total. The van der Waals surface area contributed by atoms with Crippen LogP contribution in [-0.4, -0.2) is 4.68 Å². The number of aromatic nitrogens is 1. The summed E-state index contributed by atoms with van der Waals surface area (Å²) >= 11 is 0. The molecule has 48 valence electrons. The minimum absolute atomic E-state index is 0. The molecule has 0 bridgehead atoms. The first-order valence-corrected chi connectivity index (χ1v) is 2.17. The van der Waals surface area contributed by atoms with E-state index in [9.17, 15) is 0 Å². The van der Waals surface area contributed by atoms with Crippen molar-refractivity contribution in [2.75, 3.05) is 5.84 Å². The van der Waals surface area contributed by atoms with Crippen molar-refractivity contribution >= 4 is 12.4 Å². The van der Waals surface area contributed by atoms with E-state index in [1.807, 2.05) is 6.07 Å². The van der Waals surface area contributed by atoms with Gasteiger partial charge in [0.1, 0.15) is 11.8 Å². The molecular weight excluding hydrogens is 138 g/mol. The Kier molecular flexibility index (Phi) is 2.62. The molecule has 4 heteroatoms. The number of nitrogens with zero attached hydrogens (tertiary/aromatic N) is 2. The van der Waals surface area contributed by atoms with Gasteiger partial charge in [-0.3, -0.25) is 4.68 Å². The maximum Gasteiger partial charge on any atom is 0.139 e. The Labute approximate surface area is 59.1 Å². The van der Waals surface area contributed by atoms with Gasteiger partial charge in [0, 0.05) is 6.20 Å². The van der Waals surface area contributed by atoms with E-state index in [4.69, 9.17) is 11.1 Å². The second kappa shape index (κ2) is 3.00. The molecule has 1 aromatic rings. The normalized spacial score (nSPS) is 7.44. The maximum atomic E-state index is 8.26. The third-order valence-electron chi connectivity index (χ3n) is 0.893. The Morgan fingerprint density at radius 3 is 2.56 bits per heavy atom. The van der Waals surface area contributed by atoms with Crippen molar-refractivity contribution in [2.24, 2.45) is 0 Å². The second-order valence-corrected chi connectivity index (χ2v) is 1.41. The molecule has 0 aromatic carbocycles. The van der Waals surface area contributed by atoms with Gasteiger partial charge in [-0.05, 0) is 12.1 Å². The zero-order valence-corrected chi connectivity index (χ0v) is 5.43. The van der Waals surface area contributed by atoms with Gasteiger partial charge in [0.2, 0.25) is 0 Å². The van der Waals surface area contributed by atoms with Gasteiger partial charge in [0.05, 0.1) is 0 Å². The van der Waals surface area contributed by atoms with E-state index in [1.54, 1.807) is 18.3 Å². The van der Waals surface area contributed by atoms with Crippen LogP contribution in [0.5, 0.6) is 0 Å². The SMILES string of the molecule is Cl.N#Cc1cccn1N. The van der Waals surface area contributed by atoms with Crippen LogP contribution in [0.25, 0.3) is 0 Å². The lowest BCUT2D eigenvalue weighted by Gasteiger charge is -1.87. The number of halogens is 1. The average molecular weight is 144 g/mol. The predicted octanol–water partition coefficient (Wildman–Crippen LogP) is 0.495. The van der Waals surface area contributed by atoms with Gasteiger partial charge in [0.15, 0.2) is 0 Å². The highest BCUT2D eigenvalue weighted by Gasteiger charge is 1.89. The summed E-state index contributed by atoms with van der Waals surface area (Å²) in [6, 6.07) is 5.29. The number of nitriles is 1. The Balaban J connectivity index is 0.000000640. The number of nitrogens with two attached hydrogens (primary N) is 1. The molecule has 0 fully saturated rings. The molecule has 0 spiro atoms. The predicted molar refractivity (Wildman–Crippen MR) is 36.5 cm³/mol. The molecule has 0 radical (unpaired) electrons. The molecule has 0 aliphatic rings. The van der Waals surface area contributed by atoms with Gasteiger partial charge in [-0.25, -0.2) is 0 Å². The van der Waals surface area contributed by atoms with Gasteiger partial charge in [0.25, 0.3) is 0 Å². The zero-order chi connectivity index (χ0) is 5.98. The van der Waals surface area contributed by atoms with Crippen LogP contribution < -0.4 is 5.84 Å². The van der Waals surface area contributed by atoms with Crippen LogP contribution in [0.2, 0.25) is 0 Å². The Hall–Kier alpha value is -1.14. The van der Waals surface area contributed by atoms with Crippen molar-refractivity contribution in [1.82, 2.24) is 4.68 Å². The molecule has 0 saturated carbocycles. The lowest BCUT2D eigenvalue weighted by atomic mass is 10.5. The monoisotopic (exact) mass is 143 g/mol. The van der Waals surface area contributed by atoms with Crippen LogP contribution in [0, 0.1) is 11.3 Å². The van der Waals surface area contributed by atoms with Crippen LogP contribution in [-0.2, 0) is 0 Å². The summed E-state index contributed by atoms with van der Waals surface area (Å²) in [4.78, 5) is 0. The molecule has 0 aliphatic heterocycles. The third-order valence-corrected chi connectivity index (χ3v) is 0.893. The first-order chi connectivity index (χ1) is 3.84. The fourth-order valence-electron chi connectivity index (χ4n) is 0.488. The summed E-state index contributed by atoms with van der Waals surface area (Å²) < 4.78 is 1.28. The van der Waals surface area contributed by atoms with Gasteiger partial charge >= 0.3 is 0 Å². The highest BCUT2D eigenvalue weighted by molar-refractivity contribution is 5.85. The van der Waals surface area contributed by atoms with Crippen molar-refractivity contribution in [1.29, 1.82) is 5.26 Å². The van der Waals surface area contributed by atoms with Gasteiger partial charge in [-0.15, -0.1) is 12.4 Å². The lowest BCUT2D eigenvalue weighted by molar-refractivity contribution is 0.995. The van der Waals surface area contributed by atoms with Crippen molar-refractivity contribution < 1.29 is 0 Å². The Bertz CT molecular complexity index is 222. The first kappa shape index (κ1) is 7.86. The summed E-state index contributed by atoms with van der Waals surface area (Å²) in [6.07, 6.45) is 1.62. The minimum atomic E-state index is 0. The topological polar surface area (TPSA) is 54.7 Å². The molecule has 0 saturated heterocycles. The number of rotatable bonds is 0. The van der Waals surface area contributed by atoms with Gasteiger partial charge in [-0.2, -0.15) is 5.26 Å². The summed E-state index contributed by atoms with van der Waals surface area (Å²) in [7, 11) is 0. The largest absolute Gasteiger partial charge is 0.338 e. The summed E-state index contributed by atoms with van der Waals surface area (Å²) in [5.41, 5.74) is 0.477. The number of hydrogen-bond donors (Lipinski definition) is 1. The first-order valence-electron chi connectivity index (χ1n) is 2.17. The number of hydrogen-bond acceptors (Lipinski definition) is 2. The van der Waals surface area contributed by atoms with Crippen molar-refractivity contribution in [3.05, 3.63) is 24.0 Å². The highest BCUT2D eigenvalue weighted by atomic mass is 35.5. The van der Waals surface area contributed by atoms with Crippen LogP contribution in [0.4, 0.5) is 0 Å². The van der Waals surface area contributed by atoms with E-state index >= 15 is 0 Å². The second-order valence-electron chi connectivity index (χ2n) is 1.41. The molecule has 1 heterocycles. The van der Waals surface area contributed by atoms with E-state index in [0.717, 1.165) is 0 Å². The van der Waals surface area contributed by atoms with Crippen LogP contribution in [0.1, 0.15) is 5.69 Å². The van der Waals surface area contributed by atoms with Gasteiger partial charge < -0.3 is 5.84 Å². The fourth-order valence-corrected chi connectivity index (χ4v) is 0.488. The zero-order valence-electron chi connectivity index (χ0n) is 4.61. The molecule has 0 amide bonds. The Morgan fingerprint density at radius 2 is 2.33 bits per heavy atom. The quantitative estimate of drug-likeness (QED) is 0.538. The molecular formula is C5H6ClN3.